The number of carbonyl (C=O) groups excluding carboxylic acids is 1. The van der Waals surface area contributed by atoms with Crippen LogP contribution in [-0.2, 0) is 6.54 Å². The van der Waals surface area contributed by atoms with Crippen LogP contribution in [0.4, 0.5) is 5.82 Å². The SMILES string of the molecule is Cc1cc(C#N)n(-c2ccc(C(=O)NCc3ccc(-n4c(-c5cccnc5N)nc5ccc(-c6ccccc6)nc54)cc3)cc2)n1. The fraction of sp³-hybridized carbons (Fsp3) is 0.0556. The fourth-order valence-corrected chi connectivity index (χ4v) is 5.34. The molecule has 1 amide bonds. The molecule has 4 heterocycles. The van der Waals surface area contributed by atoms with Crippen molar-refractivity contribution in [2.24, 2.45) is 0 Å². The van der Waals surface area contributed by atoms with Crippen LogP contribution in [0.2, 0.25) is 0 Å². The topological polar surface area (TPSA) is 140 Å². The van der Waals surface area contributed by atoms with Crippen molar-refractivity contribution in [2.45, 2.75) is 13.5 Å². The van der Waals surface area contributed by atoms with Gasteiger partial charge in [0.15, 0.2) is 11.5 Å². The zero-order chi connectivity index (χ0) is 31.6. The first-order chi connectivity index (χ1) is 22.5. The minimum Gasteiger partial charge on any atom is -0.383 e. The summed E-state index contributed by atoms with van der Waals surface area (Å²) in [4.78, 5) is 27.2. The number of nitrogens with one attached hydrogen (secondary N) is 1. The van der Waals surface area contributed by atoms with E-state index in [0.717, 1.165) is 33.7 Å². The van der Waals surface area contributed by atoms with Crippen molar-refractivity contribution in [3.8, 4) is 40.1 Å². The lowest BCUT2D eigenvalue weighted by Gasteiger charge is -2.12. The number of nitrogens with zero attached hydrogens (tertiary/aromatic N) is 7. The molecular formula is C36H27N9O. The average molecular weight is 602 g/mol. The average Bonchev–Trinajstić information content (AvgIpc) is 3.68. The van der Waals surface area contributed by atoms with Gasteiger partial charge in [-0.2, -0.15) is 10.4 Å². The number of pyridine rings is 2. The van der Waals surface area contributed by atoms with Crippen LogP contribution in [0, 0.1) is 18.3 Å². The van der Waals surface area contributed by atoms with Gasteiger partial charge in [0.2, 0.25) is 0 Å². The molecule has 7 aromatic rings. The first-order valence-electron chi connectivity index (χ1n) is 14.6. The third-order valence-electron chi connectivity index (χ3n) is 7.62. The molecule has 222 valence electrons. The number of amides is 1. The molecule has 3 aromatic carbocycles. The second kappa shape index (κ2) is 11.8. The number of nitrogen functional groups attached to an aromatic ring is 1. The normalized spacial score (nSPS) is 11.0. The van der Waals surface area contributed by atoms with E-state index in [2.05, 4.69) is 21.5 Å². The standard InChI is InChI=1S/C36H27N9O/c1-23-20-29(21-37)45(43-23)28-15-11-26(12-16-28)36(46)40-22-24-9-13-27(14-10-24)44-34(30-8-5-19-39-33(30)38)42-32-18-17-31(41-35(32)44)25-6-3-2-4-7-25/h2-20H,22H2,1H3,(H2,38,39)(H,40,46). The number of nitriles is 1. The molecule has 0 unspecified atom stereocenters. The molecule has 0 saturated heterocycles. The number of anilines is 1. The molecule has 0 aliphatic carbocycles. The maximum Gasteiger partial charge on any atom is 0.251 e. The van der Waals surface area contributed by atoms with E-state index in [1.165, 1.54) is 0 Å². The van der Waals surface area contributed by atoms with E-state index in [0.29, 0.717) is 46.3 Å². The molecule has 4 aromatic heterocycles. The van der Waals surface area contributed by atoms with Gasteiger partial charge in [-0.05, 0) is 79.2 Å². The minimum atomic E-state index is -0.208. The van der Waals surface area contributed by atoms with E-state index in [1.54, 1.807) is 41.2 Å². The summed E-state index contributed by atoms with van der Waals surface area (Å²) in [6.07, 6.45) is 1.65. The van der Waals surface area contributed by atoms with E-state index in [-0.39, 0.29) is 5.91 Å². The monoisotopic (exact) mass is 601 g/mol. The summed E-state index contributed by atoms with van der Waals surface area (Å²) in [5.74, 6) is 0.801. The number of hydrogen-bond donors (Lipinski definition) is 2. The molecule has 0 aliphatic rings. The quantitative estimate of drug-likeness (QED) is 0.227. The Morgan fingerprint density at radius 1 is 0.891 bits per heavy atom. The zero-order valence-corrected chi connectivity index (χ0v) is 24.8. The molecule has 0 spiro atoms. The van der Waals surface area contributed by atoms with Crippen LogP contribution in [-0.4, -0.2) is 35.2 Å². The van der Waals surface area contributed by atoms with Crippen molar-refractivity contribution in [1.82, 2.24) is 34.6 Å². The van der Waals surface area contributed by atoms with Crippen molar-refractivity contribution in [2.75, 3.05) is 5.73 Å². The zero-order valence-electron chi connectivity index (χ0n) is 24.8. The van der Waals surface area contributed by atoms with Crippen molar-refractivity contribution < 1.29 is 4.79 Å². The van der Waals surface area contributed by atoms with Gasteiger partial charge >= 0.3 is 0 Å². The fourth-order valence-electron chi connectivity index (χ4n) is 5.34. The largest absolute Gasteiger partial charge is 0.383 e. The van der Waals surface area contributed by atoms with Crippen molar-refractivity contribution in [3.63, 3.8) is 0 Å². The number of hydrogen-bond acceptors (Lipinski definition) is 7. The van der Waals surface area contributed by atoms with Crippen LogP contribution in [0.1, 0.15) is 27.3 Å². The Morgan fingerprint density at radius 3 is 2.39 bits per heavy atom. The highest BCUT2D eigenvalue weighted by Crippen LogP contribution is 2.31. The molecule has 0 fully saturated rings. The molecule has 3 N–H and O–H groups in total. The minimum absolute atomic E-state index is 0.208. The van der Waals surface area contributed by atoms with Crippen LogP contribution in [0.5, 0.6) is 0 Å². The number of fused-ring (bicyclic) bond motifs is 1. The number of benzene rings is 3. The second-order valence-electron chi connectivity index (χ2n) is 10.7. The lowest BCUT2D eigenvalue weighted by atomic mass is 10.1. The van der Waals surface area contributed by atoms with E-state index in [4.69, 9.17) is 15.7 Å². The first-order valence-corrected chi connectivity index (χ1v) is 14.6. The van der Waals surface area contributed by atoms with Crippen LogP contribution in [0.3, 0.4) is 0 Å². The highest BCUT2D eigenvalue weighted by molar-refractivity contribution is 5.94. The van der Waals surface area contributed by atoms with E-state index >= 15 is 0 Å². The van der Waals surface area contributed by atoms with Gasteiger partial charge < -0.3 is 11.1 Å². The van der Waals surface area contributed by atoms with Gasteiger partial charge in [0.25, 0.3) is 5.91 Å². The van der Waals surface area contributed by atoms with Crippen molar-refractivity contribution in [3.05, 3.63) is 138 Å². The highest BCUT2D eigenvalue weighted by atomic mass is 16.1. The lowest BCUT2D eigenvalue weighted by molar-refractivity contribution is 0.0951. The smallest absolute Gasteiger partial charge is 0.251 e. The molecule has 0 atom stereocenters. The number of imidazole rings is 1. The van der Waals surface area contributed by atoms with E-state index < -0.39 is 0 Å². The number of aromatic nitrogens is 6. The van der Waals surface area contributed by atoms with E-state index in [1.807, 2.05) is 90.4 Å². The Kier molecular flexibility index (Phi) is 7.25. The number of rotatable bonds is 7. The van der Waals surface area contributed by atoms with Gasteiger partial charge in [0, 0.05) is 29.6 Å². The van der Waals surface area contributed by atoms with Crippen molar-refractivity contribution in [1.29, 1.82) is 5.26 Å². The summed E-state index contributed by atoms with van der Waals surface area (Å²) < 4.78 is 3.55. The Labute approximate surface area is 264 Å². The number of carbonyl (C=O) groups is 1. The van der Waals surface area contributed by atoms with Crippen LogP contribution >= 0.6 is 0 Å². The predicted octanol–water partition coefficient (Wildman–Crippen LogP) is 6.03. The molecule has 0 bridgehead atoms. The van der Waals surface area contributed by atoms with E-state index in [9.17, 15) is 10.1 Å². The summed E-state index contributed by atoms with van der Waals surface area (Å²) in [6.45, 7) is 2.17. The highest BCUT2D eigenvalue weighted by Gasteiger charge is 2.19. The second-order valence-corrected chi connectivity index (χ2v) is 10.7. The van der Waals surface area contributed by atoms with Gasteiger partial charge in [-0.3, -0.25) is 9.36 Å². The maximum absolute atomic E-state index is 13.0. The Bertz CT molecular complexity index is 2240. The molecule has 7 rings (SSSR count). The summed E-state index contributed by atoms with van der Waals surface area (Å²) in [5, 5.41) is 16.7. The van der Waals surface area contributed by atoms with Gasteiger partial charge in [-0.25, -0.2) is 19.6 Å². The Hall–Kier alpha value is -6.60. The molecule has 46 heavy (non-hydrogen) atoms. The Morgan fingerprint density at radius 2 is 1.65 bits per heavy atom. The summed E-state index contributed by atoms with van der Waals surface area (Å²) >= 11 is 0. The molecular weight excluding hydrogens is 574 g/mol. The summed E-state index contributed by atoms with van der Waals surface area (Å²) in [7, 11) is 0. The molecule has 0 saturated carbocycles. The van der Waals surface area contributed by atoms with Crippen LogP contribution in [0.25, 0.3) is 45.2 Å². The Balaban J connectivity index is 1.15. The van der Waals surface area contributed by atoms with Gasteiger partial charge in [-0.1, -0.05) is 42.5 Å². The van der Waals surface area contributed by atoms with Crippen LogP contribution in [0.15, 0.2) is 115 Å². The third kappa shape index (κ3) is 5.33. The van der Waals surface area contributed by atoms with Crippen molar-refractivity contribution >= 4 is 22.9 Å². The summed E-state index contributed by atoms with van der Waals surface area (Å²) in [5.41, 5.74) is 14.4. The van der Waals surface area contributed by atoms with Gasteiger partial charge in [-0.15, -0.1) is 0 Å². The van der Waals surface area contributed by atoms with Gasteiger partial charge in [0.1, 0.15) is 23.1 Å². The number of nitrogens with two attached hydrogens (primary N) is 1. The predicted molar refractivity (Wildman–Crippen MR) is 176 cm³/mol. The molecule has 10 nitrogen and oxygen atoms in total. The molecule has 10 heteroatoms. The number of aryl methyl sites for hydroxylation is 1. The molecule has 0 radical (unpaired) electrons. The third-order valence-corrected chi connectivity index (χ3v) is 7.62. The maximum atomic E-state index is 13.0. The summed E-state index contributed by atoms with van der Waals surface area (Å²) in [6, 6.07) is 36.4. The lowest BCUT2D eigenvalue weighted by Crippen LogP contribution is -2.22. The molecule has 0 aliphatic heterocycles. The van der Waals surface area contributed by atoms with Gasteiger partial charge in [0.05, 0.1) is 22.6 Å². The van der Waals surface area contributed by atoms with Crippen LogP contribution < -0.4 is 11.1 Å². The first kappa shape index (κ1) is 28.2.